The molecule has 0 aliphatic carbocycles. The number of nitrogens with zero attached hydrogens (tertiary/aromatic N) is 1. The Balaban J connectivity index is 1.37. The van der Waals surface area contributed by atoms with Gasteiger partial charge in [0.25, 0.3) is 0 Å². The number of aliphatic hydroxyl groups excluding tert-OH is 8. The van der Waals surface area contributed by atoms with E-state index in [1.54, 1.807) is 7.11 Å². The largest absolute Gasteiger partial charge is 0.394 e. The quantitative estimate of drug-likeness (QED) is 0.0368. The lowest BCUT2D eigenvalue weighted by Crippen LogP contribution is -2.59. The van der Waals surface area contributed by atoms with Crippen LogP contribution in [0.3, 0.4) is 0 Å². The molecule has 62 heavy (non-hydrogen) atoms. The van der Waals surface area contributed by atoms with E-state index in [9.17, 15) is 60.0 Å². The lowest BCUT2D eigenvalue weighted by molar-refractivity contribution is -0.301. The summed E-state index contributed by atoms with van der Waals surface area (Å²) in [6, 6.07) is -0.606. The van der Waals surface area contributed by atoms with Gasteiger partial charge in [0.05, 0.1) is 31.9 Å². The van der Waals surface area contributed by atoms with Crippen LogP contribution in [0.25, 0.3) is 0 Å². The van der Waals surface area contributed by atoms with E-state index >= 15 is 0 Å². The van der Waals surface area contributed by atoms with Crippen LogP contribution in [-0.2, 0) is 42.9 Å². The minimum atomic E-state index is -1.56. The summed E-state index contributed by atoms with van der Waals surface area (Å²) in [7, 11) is 1.64. The summed E-state index contributed by atoms with van der Waals surface area (Å²) in [5.41, 5.74) is 0. The number of methoxy groups -OCH3 is 1. The Morgan fingerprint density at radius 2 is 1.19 bits per heavy atom. The molecule has 3 saturated heterocycles. The first-order valence-corrected chi connectivity index (χ1v) is 22.4. The molecule has 3 heterocycles. The van der Waals surface area contributed by atoms with Crippen molar-refractivity contribution in [1.82, 2.24) is 15.5 Å². The van der Waals surface area contributed by atoms with E-state index in [0.717, 1.165) is 32.2 Å². The van der Waals surface area contributed by atoms with Crippen molar-refractivity contribution in [3.8, 4) is 0 Å². The minimum Gasteiger partial charge on any atom is -0.394 e. The second-order valence-corrected chi connectivity index (χ2v) is 16.9. The van der Waals surface area contributed by atoms with Gasteiger partial charge in [-0.15, -0.1) is 0 Å². The van der Waals surface area contributed by atoms with E-state index in [4.69, 9.17) is 23.7 Å². The number of hydrogen-bond donors (Lipinski definition) is 10. The number of rotatable bonds is 30. The predicted octanol–water partition coefficient (Wildman–Crippen LogP) is -1.48. The third kappa shape index (κ3) is 17.9. The fourth-order valence-electron chi connectivity index (χ4n) is 8.01. The van der Waals surface area contributed by atoms with Gasteiger partial charge in [0.1, 0.15) is 48.8 Å². The van der Waals surface area contributed by atoms with Crippen LogP contribution >= 0.6 is 0 Å². The van der Waals surface area contributed by atoms with E-state index in [1.807, 2.05) is 4.90 Å². The Labute approximate surface area is 364 Å². The molecule has 3 rings (SSSR count). The number of aliphatic hydroxyl groups is 8. The summed E-state index contributed by atoms with van der Waals surface area (Å²) in [6.07, 6.45) is -5.69. The lowest BCUT2D eigenvalue weighted by Gasteiger charge is -2.39. The summed E-state index contributed by atoms with van der Waals surface area (Å²) < 4.78 is 26.9. The number of hydrogen-bond acceptors (Lipinski definition) is 17. The second-order valence-electron chi connectivity index (χ2n) is 16.9. The zero-order valence-electron chi connectivity index (χ0n) is 36.5. The van der Waals surface area contributed by atoms with Gasteiger partial charge in [-0.2, -0.15) is 0 Å². The Hall–Kier alpha value is -2.44. The molecule has 360 valence electrons. The third-order valence-electron chi connectivity index (χ3n) is 11.7. The molecule has 20 heteroatoms. The molecule has 0 bridgehead atoms. The first-order valence-electron chi connectivity index (χ1n) is 22.4. The van der Waals surface area contributed by atoms with Gasteiger partial charge < -0.3 is 80.1 Å². The van der Waals surface area contributed by atoms with Crippen molar-refractivity contribution in [2.45, 2.75) is 183 Å². The molecule has 0 aromatic rings. The van der Waals surface area contributed by atoms with Gasteiger partial charge in [-0.05, 0) is 70.1 Å². The smallest absolute Gasteiger partial charge is 0.222 e. The van der Waals surface area contributed by atoms with Gasteiger partial charge in [0, 0.05) is 59.1 Å². The standard InChI is InChI=1S/C42H75N3O17/c1-26-21-27(25-58-2)45(22-26)34(51)17-6-4-3-5-14-29(48)28(44-33(50)16-9-12-20-60-42-40(57)38(55)36(53)31(24-47)62-42)13-7-10-18-43-32(49)15-8-11-19-59-41-39(56)37(54)35(52)30(23-46)61-41/h26-28,30-31,35-42,46-47,52-57H,3-25H2,1-2H3,(H,43,49)(H,44,50)/t26-,27+,28-,30?,31?,35?,36?,37?,38?,39?,40?,41?,42?/m1/s1. The van der Waals surface area contributed by atoms with Crippen LogP contribution in [0.15, 0.2) is 0 Å². The second kappa shape index (κ2) is 29.2. The average Bonchev–Trinajstić information content (AvgIpc) is 3.63. The highest BCUT2D eigenvalue weighted by Gasteiger charge is 2.45. The van der Waals surface area contributed by atoms with Gasteiger partial charge in [-0.3, -0.25) is 19.2 Å². The van der Waals surface area contributed by atoms with Gasteiger partial charge >= 0.3 is 0 Å². The number of carbonyl (C=O) groups excluding carboxylic acids is 4. The van der Waals surface area contributed by atoms with Crippen LogP contribution in [0.5, 0.6) is 0 Å². The number of carbonyl (C=O) groups is 4. The molecular weight excluding hydrogens is 818 g/mol. The Kier molecular flexibility index (Phi) is 25.4. The highest BCUT2D eigenvalue weighted by molar-refractivity contribution is 5.89. The number of likely N-dealkylation sites (tertiary alicyclic amines) is 1. The Bertz CT molecular complexity index is 1310. The fourth-order valence-corrected chi connectivity index (χ4v) is 8.01. The number of ketones is 1. The predicted molar refractivity (Wildman–Crippen MR) is 220 cm³/mol. The maximum Gasteiger partial charge on any atom is 0.222 e. The zero-order valence-corrected chi connectivity index (χ0v) is 36.5. The van der Waals surface area contributed by atoms with E-state index in [1.165, 1.54) is 0 Å². The number of Topliss-reactive ketones (excluding diaryl/α,β-unsaturated/α-hetero) is 1. The van der Waals surface area contributed by atoms with Crippen molar-refractivity contribution in [3.63, 3.8) is 0 Å². The first-order chi connectivity index (χ1) is 29.7. The molecule has 10 N–H and O–H groups in total. The minimum absolute atomic E-state index is 0.0659. The monoisotopic (exact) mass is 894 g/mol. The first kappa shape index (κ1) is 53.9. The van der Waals surface area contributed by atoms with E-state index in [2.05, 4.69) is 17.6 Å². The summed E-state index contributed by atoms with van der Waals surface area (Å²) in [5.74, 6) is -0.0182. The molecule has 3 aliphatic rings. The van der Waals surface area contributed by atoms with Crippen molar-refractivity contribution >= 4 is 23.5 Å². The third-order valence-corrected chi connectivity index (χ3v) is 11.7. The molecule has 3 fully saturated rings. The molecule has 20 nitrogen and oxygen atoms in total. The zero-order chi connectivity index (χ0) is 45.6. The summed E-state index contributed by atoms with van der Waals surface area (Å²) in [4.78, 5) is 53.6. The molecule has 0 aromatic carbocycles. The molecule has 13 atom stereocenters. The number of unbranched alkanes of at least 4 members (excludes halogenated alkanes) is 6. The van der Waals surface area contributed by atoms with Crippen LogP contribution in [-0.4, -0.2) is 196 Å². The topological polar surface area (TPSA) is 304 Å². The lowest BCUT2D eigenvalue weighted by atomic mass is 9.99. The van der Waals surface area contributed by atoms with Crippen LogP contribution < -0.4 is 10.6 Å². The van der Waals surface area contributed by atoms with Crippen LogP contribution in [0.4, 0.5) is 0 Å². The summed E-state index contributed by atoms with van der Waals surface area (Å²) >= 11 is 0. The maximum absolute atomic E-state index is 13.4. The average molecular weight is 894 g/mol. The van der Waals surface area contributed by atoms with Crippen LogP contribution in [0.1, 0.15) is 110 Å². The van der Waals surface area contributed by atoms with E-state index < -0.39 is 80.7 Å². The van der Waals surface area contributed by atoms with Crippen LogP contribution in [0.2, 0.25) is 0 Å². The van der Waals surface area contributed by atoms with Crippen LogP contribution in [0, 0.1) is 5.92 Å². The molecule has 3 aliphatic heterocycles. The number of amides is 3. The SMILES string of the molecule is COC[C@@H]1C[C@@H](C)CN1C(=O)CCCCCCC(=O)[C@@H](CCCCNC(=O)CCCCOC1OC(CO)C(O)C(O)C1O)NC(=O)CCCCOC1OC(CO)C(O)C(O)C1O. The van der Waals surface area contributed by atoms with Gasteiger partial charge in [-0.25, -0.2) is 0 Å². The van der Waals surface area contributed by atoms with Crippen molar-refractivity contribution in [2.24, 2.45) is 5.92 Å². The normalized spacial score (nSPS) is 30.6. The molecule has 0 radical (unpaired) electrons. The van der Waals surface area contributed by atoms with Gasteiger partial charge in [0.2, 0.25) is 17.7 Å². The summed E-state index contributed by atoms with van der Waals surface area (Å²) in [5, 5.41) is 84.3. The molecule has 0 spiro atoms. The number of ether oxygens (including phenoxy) is 5. The maximum atomic E-state index is 13.4. The molecular formula is C42H75N3O17. The van der Waals surface area contributed by atoms with Crippen molar-refractivity contribution in [3.05, 3.63) is 0 Å². The molecule has 10 unspecified atom stereocenters. The van der Waals surface area contributed by atoms with Crippen molar-refractivity contribution in [1.29, 1.82) is 0 Å². The molecule has 0 aromatic heterocycles. The van der Waals surface area contributed by atoms with Crippen molar-refractivity contribution in [2.75, 3.05) is 53.2 Å². The van der Waals surface area contributed by atoms with E-state index in [-0.39, 0.29) is 62.0 Å². The highest BCUT2D eigenvalue weighted by atomic mass is 16.7. The van der Waals surface area contributed by atoms with Gasteiger partial charge in [0.15, 0.2) is 18.4 Å². The van der Waals surface area contributed by atoms with Gasteiger partial charge in [-0.1, -0.05) is 19.8 Å². The van der Waals surface area contributed by atoms with E-state index in [0.29, 0.717) is 76.9 Å². The number of nitrogens with one attached hydrogen (secondary N) is 2. The Morgan fingerprint density at radius 1 is 0.661 bits per heavy atom. The highest BCUT2D eigenvalue weighted by Crippen LogP contribution is 2.26. The Morgan fingerprint density at radius 3 is 1.74 bits per heavy atom. The fraction of sp³-hybridized carbons (Fsp3) is 0.905. The molecule has 3 amide bonds. The molecule has 0 saturated carbocycles. The summed E-state index contributed by atoms with van der Waals surface area (Å²) in [6.45, 7) is 2.81. The van der Waals surface area contributed by atoms with Crippen molar-refractivity contribution < 1.29 is 83.7 Å².